The molecule has 0 spiro atoms. The zero-order valence-electron chi connectivity index (χ0n) is 16.4. The van der Waals surface area contributed by atoms with Gasteiger partial charge in [0.15, 0.2) is 0 Å². The van der Waals surface area contributed by atoms with Gasteiger partial charge in [0.05, 0.1) is 22.0 Å². The van der Waals surface area contributed by atoms with Crippen molar-refractivity contribution in [2.45, 2.75) is 31.1 Å². The Bertz CT molecular complexity index is 972. The van der Waals surface area contributed by atoms with Gasteiger partial charge in [-0.2, -0.15) is 4.31 Å². The Morgan fingerprint density at radius 3 is 2.59 bits per heavy atom. The highest BCUT2D eigenvalue weighted by atomic mass is 35.5. The molecule has 0 radical (unpaired) electrons. The molecule has 156 valence electrons. The lowest BCUT2D eigenvalue weighted by atomic mass is 10.2. The SMILES string of the molecule is Cc1ccccc1OCCNC(=O)c1cc(S(=O)(=O)N2CCCCC2)ccc1Cl. The minimum absolute atomic E-state index is 0.0881. The highest BCUT2D eigenvalue weighted by molar-refractivity contribution is 7.89. The van der Waals surface area contributed by atoms with E-state index in [9.17, 15) is 13.2 Å². The maximum atomic E-state index is 12.9. The van der Waals surface area contributed by atoms with Crippen molar-refractivity contribution in [3.8, 4) is 5.75 Å². The van der Waals surface area contributed by atoms with E-state index in [-0.39, 0.29) is 22.0 Å². The Hall–Kier alpha value is -2.09. The number of halogens is 1. The Labute approximate surface area is 176 Å². The lowest BCUT2D eigenvalue weighted by molar-refractivity contribution is 0.0947. The van der Waals surface area contributed by atoms with Crippen LogP contribution in [0.3, 0.4) is 0 Å². The first-order valence-electron chi connectivity index (χ1n) is 9.66. The fourth-order valence-electron chi connectivity index (χ4n) is 3.23. The van der Waals surface area contributed by atoms with Gasteiger partial charge in [-0.05, 0) is 49.6 Å². The van der Waals surface area contributed by atoms with Crippen molar-refractivity contribution in [1.82, 2.24) is 9.62 Å². The third kappa shape index (κ3) is 5.29. The molecule has 0 unspecified atom stereocenters. The number of para-hydroxylation sites is 1. The van der Waals surface area contributed by atoms with Crippen LogP contribution in [-0.4, -0.2) is 44.9 Å². The third-order valence-corrected chi connectivity index (χ3v) is 7.10. The third-order valence-electron chi connectivity index (χ3n) is 4.87. The fourth-order valence-corrected chi connectivity index (χ4v) is 4.98. The van der Waals surface area contributed by atoms with Crippen molar-refractivity contribution in [2.24, 2.45) is 0 Å². The number of amides is 1. The van der Waals surface area contributed by atoms with Crippen molar-refractivity contribution in [3.63, 3.8) is 0 Å². The van der Waals surface area contributed by atoms with E-state index in [1.807, 2.05) is 31.2 Å². The summed E-state index contributed by atoms with van der Waals surface area (Å²) < 4.78 is 32.8. The maximum absolute atomic E-state index is 12.9. The number of hydrogen-bond donors (Lipinski definition) is 1. The number of ether oxygens (including phenoxy) is 1. The van der Waals surface area contributed by atoms with Gasteiger partial charge in [-0.15, -0.1) is 0 Å². The number of nitrogens with one attached hydrogen (secondary N) is 1. The number of benzene rings is 2. The van der Waals surface area contributed by atoms with Gasteiger partial charge >= 0.3 is 0 Å². The minimum Gasteiger partial charge on any atom is -0.491 e. The second-order valence-electron chi connectivity index (χ2n) is 6.98. The molecular formula is C21H25ClN2O4S. The van der Waals surface area contributed by atoms with Crippen molar-refractivity contribution in [2.75, 3.05) is 26.2 Å². The summed E-state index contributed by atoms with van der Waals surface area (Å²) in [7, 11) is -3.63. The minimum atomic E-state index is -3.63. The molecule has 1 heterocycles. The maximum Gasteiger partial charge on any atom is 0.252 e. The van der Waals surface area contributed by atoms with Crippen LogP contribution in [0.15, 0.2) is 47.4 Å². The van der Waals surface area contributed by atoms with E-state index >= 15 is 0 Å². The molecular weight excluding hydrogens is 412 g/mol. The van der Waals surface area contributed by atoms with E-state index in [0.29, 0.717) is 19.7 Å². The molecule has 1 aliphatic rings. The number of piperidine rings is 1. The monoisotopic (exact) mass is 436 g/mol. The molecule has 1 amide bonds. The quantitative estimate of drug-likeness (QED) is 0.672. The van der Waals surface area contributed by atoms with Crippen molar-refractivity contribution in [1.29, 1.82) is 0 Å². The van der Waals surface area contributed by atoms with Gasteiger partial charge < -0.3 is 10.1 Å². The molecule has 2 aromatic rings. The number of nitrogens with zero attached hydrogens (tertiary/aromatic N) is 1. The smallest absolute Gasteiger partial charge is 0.252 e. The zero-order chi connectivity index (χ0) is 20.9. The van der Waals surface area contributed by atoms with Gasteiger partial charge in [0, 0.05) is 13.1 Å². The molecule has 0 aromatic heterocycles. The van der Waals surface area contributed by atoms with Crippen LogP contribution in [0.2, 0.25) is 5.02 Å². The van der Waals surface area contributed by atoms with Gasteiger partial charge in [0.2, 0.25) is 10.0 Å². The number of sulfonamides is 1. The summed E-state index contributed by atoms with van der Waals surface area (Å²) in [5.41, 5.74) is 1.15. The van der Waals surface area contributed by atoms with Crippen molar-refractivity contribution >= 4 is 27.5 Å². The second kappa shape index (κ2) is 9.61. The van der Waals surface area contributed by atoms with Crippen molar-refractivity contribution < 1.29 is 17.9 Å². The predicted molar refractivity (Wildman–Crippen MR) is 113 cm³/mol. The molecule has 0 aliphatic carbocycles. The summed E-state index contributed by atoms with van der Waals surface area (Å²) in [5.74, 6) is 0.327. The zero-order valence-corrected chi connectivity index (χ0v) is 17.9. The summed E-state index contributed by atoms with van der Waals surface area (Å²) in [4.78, 5) is 12.6. The Morgan fingerprint density at radius 1 is 1.14 bits per heavy atom. The lowest BCUT2D eigenvalue weighted by Gasteiger charge is -2.26. The summed E-state index contributed by atoms with van der Waals surface area (Å²) in [6, 6.07) is 11.9. The Kier molecular flexibility index (Phi) is 7.16. The second-order valence-corrected chi connectivity index (χ2v) is 9.32. The van der Waals surface area contributed by atoms with Gasteiger partial charge in [-0.3, -0.25) is 4.79 Å². The molecule has 1 aliphatic heterocycles. The summed E-state index contributed by atoms with van der Waals surface area (Å²) in [6.07, 6.45) is 2.73. The average Bonchev–Trinajstić information content (AvgIpc) is 2.73. The summed E-state index contributed by atoms with van der Waals surface area (Å²) in [6.45, 7) is 3.51. The normalized spacial score (nSPS) is 15.1. The first-order valence-corrected chi connectivity index (χ1v) is 11.5. The van der Waals surface area contributed by atoms with Gasteiger partial charge in [0.25, 0.3) is 5.91 Å². The predicted octanol–water partition coefficient (Wildman–Crippen LogP) is 3.63. The van der Waals surface area contributed by atoms with Crippen LogP contribution in [-0.2, 0) is 10.0 Å². The highest BCUT2D eigenvalue weighted by Crippen LogP contribution is 2.25. The molecule has 0 saturated carbocycles. The lowest BCUT2D eigenvalue weighted by Crippen LogP contribution is -2.35. The highest BCUT2D eigenvalue weighted by Gasteiger charge is 2.27. The van der Waals surface area contributed by atoms with Crippen LogP contribution < -0.4 is 10.1 Å². The van der Waals surface area contributed by atoms with Gasteiger partial charge in [-0.25, -0.2) is 8.42 Å². The number of carbonyl (C=O) groups excluding carboxylic acids is 1. The number of aryl methyl sites for hydroxylation is 1. The number of hydrogen-bond acceptors (Lipinski definition) is 4. The summed E-state index contributed by atoms with van der Waals surface area (Å²) in [5, 5.41) is 2.94. The Morgan fingerprint density at radius 2 is 1.86 bits per heavy atom. The first-order chi connectivity index (χ1) is 13.9. The standard InChI is InChI=1S/C21H25ClN2O4S/c1-16-7-3-4-8-20(16)28-14-11-23-21(25)18-15-17(9-10-19(18)22)29(26,27)24-12-5-2-6-13-24/h3-4,7-10,15H,2,5-6,11-14H2,1H3,(H,23,25). The number of rotatable bonds is 7. The molecule has 1 saturated heterocycles. The van der Waals surface area contributed by atoms with Crippen LogP contribution in [0.4, 0.5) is 0 Å². The fraction of sp³-hybridized carbons (Fsp3) is 0.381. The van der Waals surface area contributed by atoms with Crippen LogP contribution in [0, 0.1) is 6.92 Å². The first kappa shape index (κ1) is 21.6. The van der Waals surface area contributed by atoms with E-state index in [1.54, 1.807) is 0 Å². The molecule has 0 atom stereocenters. The van der Waals surface area contributed by atoms with Crippen LogP contribution in [0.5, 0.6) is 5.75 Å². The van der Waals surface area contributed by atoms with Crippen LogP contribution in [0.1, 0.15) is 35.2 Å². The van der Waals surface area contributed by atoms with Crippen LogP contribution >= 0.6 is 11.6 Å². The van der Waals surface area contributed by atoms with Gasteiger partial charge in [0.1, 0.15) is 12.4 Å². The molecule has 1 N–H and O–H groups in total. The van der Waals surface area contributed by atoms with Gasteiger partial charge in [-0.1, -0.05) is 36.2 Å². The number of carbonyl (C=O) groups is 1. The van der Waals surface area contributed by atoms with E-state index in [1.165, 1.54) is 22.5 Å². The molecule has 3 rings (SSSR count). The van der Waals surface area contributed by atoms with E-state index < -0.39 is 15.9 Å². The molecule has 2 aromatic carbocycles. The topological polar surface area (TPSA) is 75.7 Å². The van der Waals surface area contributed by atoms with Crippen LogP contribution in [0.25, 0.3) is 0 Å². The molecule has 29 heavy (non-hydrogen) atoms. The molecule has 1 fully saturated rings. The Balaban J connectivity index is 1.64. The van der Waals surface area contributed by atoms with E-state index in [4.69, 9.17) is 16.3 Å². The summed E-state index contributed by atoms with van der Waals surface area (Å²) >= 11 is 6.16. The van der Waals surface area contributed by atoms with Crippen molar-refractivity contribution in [3.05, 3.63) is 58.6 Å². The van der Waals surface area contributed by atoms with E-state index in [2.05, 4.69) is 5.32 Å². The molecule has 8 heteroatoms. The molecule has 0 bridgehead atoms. The van der Waals surface area contributed by atoms with E-state index in [0.717, 1.165) is 30.6 Å². The average molecular weight is 437 g/mol. The largest absolute Gasteiger partial charge is 0.491 e. The molecule has 6 nitrogen and oxygen atoms in total.